The molecule has 63 heavy (non-hydrogen) atoms. The summed E-state index contributed by atoms with van der Waals surface area (Å²) in [5, 5.41) is 20.6. The number of ether oxygens (including phenoxy) is 2. The maximum Gasteiger partial charge on any atom is 0.276 e. The Kier molecular flexibility index (Phi) is 11.5. The van der Waals surface area contributed by atoms with E-state index in [4.69, 9.17) is 9.47 Å². The predicted octanol–water partition coefficient (Wildman–Crippen LogP) is 8.39. The van der Waals surface area contributed by atoms with E-state index in [1.807, 2.05) is 0 Å². The molecule has 0 aliphatic heterocycles. The number of nitrogens with zero attached hydrogens (tertiary/aromatic N) is 8. The van der Waals surface area contributed by atoms with Crippen LogP contribution in [0.2, 0.25) is 0 Å². The van der Waals surface area contributed by atoms with Gasteiger partial charge >= 0.3 is 0 Å². The van der Waals surface area contributed by atoms with Crippen LogP contribution in [0.25, 0.3) is 22.8 Å². The van der Waals surface area contributed by atoms with E-state index in [0.29, 0.717) is 41.2 Å². The fraction of sp³-hybridized carbons (Fsp3) is 0.349. The van der Waals surface area contributed by atoms with Crippen LogP contribution in [0.15, 0.2) is 67.4 Å². The molecule has 0 saturated heterocycles. The lowest BCUT2D eigenvalue weighted by atomic mass is 10.0. The van der Waals surface area contributed by atoms with E-state index in [1.165, 1.54) is 55.3 Å². The summed E-state index contributed by atoms with van der Waals surface area (Å²) in [6.07, 6.45) is 6.20. The molecular formula is C43H44F4N12O4. The van der Waals surface area contributed by atoms with Gasteiger partial charge in [-0.1, -0.05) is 19.1 Å². The highest BCUT2D eigenvalue weighted by atomic mass is 19.3. The Labute approximate surface area is 358 Å². The summed E-state index contributed by atoms with van der Waals surface area (Å²) in [5.74, 6) is -6.48. The molecule has 2 aromatic carbocycles. The number of anilines is 6. The molecule has 328 valence electrons. The average Bonchev–Trinajstić information content (AvgIpc) is 4.19. The molecule has 0 radical (unpaired) electrons. The van der Waals surface area contributed by atoms with Gasteiger partial charge in [0.2, 0.25) is 11.8 Å². The van der Waals surface area contributed by atoms with Gasteiger partial charge in [0, 0.05) is 50.6 Å². The molecule has 2 fully saturated rings. The molecule has 8 rings (SSSR count). The topological polar surface area (TPSA) is 188 Å². The van der Waals surface area contributed by atoms with Crippen molar-refractivity contribution in [1.82, 2.24) is 39.5 Å². The maximum absolute atomic E-state index is 16.3. The number of carbonyl (C=O) groups excluding carboxylic acids is 2. The van der Waals surface area contributed by atoms with Crippen molar-refractivity contribution in [3.63, 3.8) is 0 Å². The van der Waals surface area contributed by atoms with Gasteiger partial charge in [-0.2, -0.15) is 10.2 Å². The first-order valence-electron chi connectivity index (χ1n) is 20.2. The quantitative estimate of drug-likeness (QED) is 0.0642. The van der Waals surface area contributed by atoms with Gasteiger partial charge in [0.25, 0.3) is 11.8 Å². The van der Waals surface area contributed by atoms with Crippen LogP contribution in [0.3, 0.4) is 0 Å². The van der Waals surface area contributed by atoms with Crippen LogP contribution in [-0.4, -0.2) is 65.5 Å². The van der Waals surface area contributed by atoms with Gasteiger partial charge in [-0.15, -0.1) is 0 Å². The fourth-order valence-electron chi connectivity index (χ4n) is 7.05. The maximum atomic E-state index is 16.3. The Morgan fingerprint density at radius 1 is 0.762 bits per heavy atom. The standard InChI is InChI=1S/C43H44F4N12O4/c1-6-43(46,47)35-31(52-29-12-7-9-25(36(29)62-4)38-49-21-58(3)56-38)18-34(55-41(61)24-15-16-24)53-32(35)20-59-22-50-39(57-59)26-10-8-11-28(37(26)63-5)51-30-17-33(54-40(60)23-13-14-23)48-19-27(30)42(2,44)45/h7-12,17-19,21-24H,6,13-16,20H2,1-5H3,(H2,48,51,54,60)(H2,52,53,55,61). The Morgan fingerprint density at radius 2 is 1.32 bits per heavy atom. The number of rotatable bonds is 17. The van der Waals surface area contributed by atoms with Crippen molar-refractivity contribution < 1.29 is 36.6 Å². The van der Waals surface area contributed by atoms with Crippen LogP contribution in [0.4, 0.5) is 51.9 Å². The van der Waals surface area contributed by atoms with Crippen molar-refractivity contribution in [3.05, 3.63) is 84.2 Å². The first-order valence-corrected chi connectivity index (χ1v) is 20.2. The highest BCUT2D eigenvalue weighted by Gasteiger charge is 2.38. The van der Waals surface area contributed by atoms with Gasteiger partial charge in [0.15, 0.2) is 23.1 Å². The van der Waals surface area contributed by atoms with Gasteiger partial charge < -0.3 is 30.7 Å². The predicted molar refractivity (Wildman–Crippen MR) is 226 cm³/mol. The molecule has 2 saturated carbocycles. The summed E-state index contributed by atoms with van der Waals surface area (Å²) in [6.45, 7) is 1.78. The van der Waals surface area contributed by atoms with Crippen LogP contribution in [0.1, 0.15) is 62.8 Å². The number of nitrogens with one attached hydrogen (secondary N) is 4. The molecular weight excluding hydrogens is 825 g/mol. The first-order chi connectivity index (χ1) is 30.1. The number of pyridine rings is 2. The zero-order chi connectivity index (χ0) is 44.6. The van der Waals surface area contributed by atoms with Crippen LogP contribution < -0.4 is 30.7 Å². The minimum absolute atomic E-state index is 0.0243. The lowest BCUT2D eigenvalue weighted by molar-refractivity contribution is -0.118. The van der Waals surface area contributed by atoms with Crippen molar-refractivity contribution in [1.29, 1.82) is 0 Å². The Bertz CT molecular complexity index is 2690. The van der Waals surface area contributed by atoms with E-state index >= 15 is 8.78 Å². The smallest absolute Gasteiger partial charge is 0.276 e. The first kappa shape index (κ1) is 42.6. The summed E-state index contributed by atoms with van der Waals surface area (Å²) >= 11 is 0. The van der Waals surface area contributed by atoms with Gasteiger partial charge in [0.05, 0.1) is 71.5 Å². The van der Waals surface area contributed by atoms with Gasteiger partial charge in [-0.3, -0.25) is 14.3 Å². The molecule has 4 aromatic heterocycles. The molecule has 2 aliphatic carbocycles. The molecule has 0 spiro atoms. The number of aromatic nitrogens is 8. The SMILES string of the molecule is CCC(F)(F)c1c(Nc2cccc(-c3ncn(C)n3)c2OC)cc(NC(=O)C2CC2)nc1Cn1cnc(-c2cccc(Nc3cc(NC(=O)C4CC4)ncc3C(C)(F)F)c2OC)n1. The number of methoxy groups -OCH3 is 2. The van der Waals surface area contributed by atoms with Crippen molar-refractivity contribution in [2.45, 2.75) is 64.3 Å². The van der Waals surface area contributed by atoms with Crippen molar-refractivity contribution >= 4 is 46.2 Å². The fourth-order valence-corrected chi connectivity index (χ4v) is 7.05. The molecule has 16 nitrogen and oxygen atoms in total. The van der Waals surface area contributed by atoms with Gasteiger partial charge in [-0.05, 0) is 49.9 Å². The largest absolute Gasteiger partial charge is 0.494 e. The van der Waals surface area contributed by atoms with Gasteiger partial charge in [0.1, 0.15) is 24.3 Å². The molecule has 4 N–H and O–H groups in total. The normalized spacial score (nSPS) is 14.0. The second kappa shape index (κ2) is 17.0. The molecule has 2 aliphatic rings. The lowest BCUT2D eigenvalue weighted by Gasteiger charge is -2.24. The Balaban J connectivity index is 1.15. The van der Waals surface area contributed by atoms with E-state index in [1.54, 1.807) is 43.4 Å². The molecule has 0 unspecified atom stereocenters. The molecule has 2 amide bonds. The van der Waals surface area contributed by atoms with E-state index in [-0.39, 0.29) is 76.2 Å². The number of para-hydroxylation sites is 2. The van der Waals surface area contributed by atoms with E-state index < -0.39 is 29.4 Å². The number of amides is 2. The van der Waals surface area contributed by atoms with Crippen molar-refractivity contribution in [3.8, 4) is 34.3 Å². The number of halogens is 4. The molecule has 4 heterocycles. The van der Waals surface area contributed by atoms with E-state index in [0.717, 1.165) is 26.0 Å². The van der Waals surface area contributed by atoms with Crippen molar-refractivity contribution in [2.75, 3.05) is 35.5 Å². The number of benzene rings is 2. The average molecular weight is 869 g/mol. The summed E-state index contributed by atoms with van der Waals surface area (Å²) in [4.78, 5) is 42.9. The number of hydrogen-bond acceptors (Lipinski definition) is 12. The molecule has 0 atom stereocenters. The molecule has 0 bridgehead atoms. The van der Waals surface area contributed by atoms with E-state index in [2.05, 4.69) is 51.4 Å². The molecule has 6 aromatic rings. The number of hydrogen-bond donors (Lipinski definition) is 4. The minimum Gasteiger partial charge on any atom is -0.494 e. The summed E-state index contributed by atoms with van der Waals surface area (Å²) in [7, 11) is 4.56. The number of aryl methyl sites for hydroxylation is 1. The monoisotopic (exact) mass is 868 g/mol. The van der Waals surface area contributed by atoms with Crippen LogP contribution in [-0.2, 0) is 35.0 Å². The number of carbonyl (C=O) groups is 2. The second-order valence-corrected chi connectivity index (χ2v) is 15.5. The Morgan fingerprint density at radius 3 is 1.86 bits per heavy atom. The minimum atomic E-state index is -3.43. The summed E-state index contributed by atoms with van der Waals surface area (Å²) in [5.41, 5.74) is 0.432. The zero-order valence-corrected chi connectivity index (χ0v) is 35.0. The van der Waals surface area contributed by atoms with E-state index in [9.17, 15) is 18.4 Å². The van der Waals surface area contributed by atoms with Gasteiger partial charge in [-0.25, -0.2) is 42.2 Å². The summed E-state index contributed by atoms with van der Waals surface area (Å²) < 4.78 is 76.7. The van der Waals surface area contributed by atoms with Crippen molar-refractivity contribution in [2.24, 2.45) is 18.9 Å². The third-order valence-corrected chi connectivity index (χ3v) is 10.6. The number of alkyl halides is 4. The Hall–Kier alpha value is -7.12. The molecule has 20 heteroatoms. The second-order valence-electron chi connectivity index (χ2n) is 15.5. The highest BCUT2D eigenvalue weighted by Crippen LogP contribution is 2.45. The zero-order valence-electron chi connectivity index (χ0n) is 35.0. The van der Waals surface area contributed by atoms with Crippen LogP contribution >= 0.6 is 0 Å². The highest BCUT2D eigenvalue weighted by molar-refractivity contribution is 5.95. The third-order valence-electron chi connectivity index (χ3n) is 10.6. The third kappa shape index (κ3) is 9.24. The van der Waals surface area contributed by atoms with Crippen LogP contribution in [0, 0.1) is 11.8 Å². The van der Waals surface area contributed by atoms with Crippen LogP contribution in [0.5, 0.6) is 11.5 Å². The summed E-state index contributed by atoms with van der Waals surface area (Å²) in [6, 6.07) is 12.7. The lowest BCUT2D eigenvalue weighted by Crippen LogP contribution is -2.22.